The van der Waals surface area contributed by atoms with Crippen LogP contribution in [0.5, 0.6) is 17.2 Å². The second-order valence-corrected chi connectivity index (χ2v) is 10.0. The maximum absolute atomic E-state index is 13.4. The van der Waals surface area contributed by atoms with Crippen molar-refractivity contribution in [1.82, 2.24) is 15.2 Å². The number of hydrogen-bond acceptors (Lipinski definition) is 6. The van der Waals surface area contributed by atoms with Crippen molar-refractivity contribution in [3.8, 4) is 17.2 Å². The molecule has 0 bridgehead atoms. The molecule has 3 aromatic rings. The van der Waals surface area contributed by atoms with Gasteiger partial charge < -0.3 is 19.9 Å². The van der Waals surface area contributed by atoms with Gasteiger partial charge in [-0.25, -0.2) is 4.79 Å². The zero-order valence-corrected chi connectivity index (χ0v) is 23.1. The van der Waals surface area contributed by atoms with Crippen LogP contribution in [0.2, 0.25) is 0 Å². The third-order valence-electron chi connectivity index (χ3n) is 7.07. The van der Waals surface area contributed by atoms with Gasteiger partial charge in [-0.1, -0.05) is 37.6 Å². The smallest absolute Gasteiger partial charge is 0.430 e. The second kappa shape index (κ2) is 11.4. The minimum absolute atomic E-state index is 0.00744. The number of para-hydroxylation sites is 1. The molecule has 4 rings (SSSR count). The number of aliphatic hydroxyl groups is 1. The van der Waals surface area contributed by atoms with E-state index in [9.17, 15) is 41.0 Å². The molecule has 1 atom stereocenters. The molecule has 8 nitrogen and oxygen atoms in total. The lowest BCUT2D eigenvalue weighted by molar-refractivity contribution is -0.376. The number of pyridine rings is 1. The number of hydrogen-bond donors (Lipinski definition) is 2. The Balaban J connectivity index is 1.61. The second-order valence-electron chi connectivity index (χ2n) is 10.0. The van der Waals surface area contributed by atoms with E-state index in [1.165, 1.54) is 32.4 Å². The average Bonchev–Trinajstić information content (AvgIpc) is 3.16. The average molecular weight is 612 g/mol. The summed E-state index contributed by atoms with van der Waals surface area (Å²) >= 11 is 0. The van der Waals surface area contributed by atoms with Gasteiger partial charge in [-0.2, -0.15) is 26.3 Å². The highest BCUT2D eigenvalue weighted by Gasteiger charge is 2.71. The van der Waals surface area contributed by atoms with E-state index >= 15 is 0 Å². The summed E-state index contributed by atoms with van der Waals surface area (Å²) in [4.78, 5) is 31.4. The summed E-state index contributed by atoms with van der Waals surface area (Å²) < 4.78 is 91.7. The molecular formula is C29H27F6N3O5. The van der Waals surface area contributed by atoms with Crippen LogP contribution in [0.25, 0.3) is 0 Å². The molecule has 2 heterocycles. The van der Waals surface area contributed by atoms with Crippen LogP contribution in [-0.4, -0.2) is 46.4 Å². The summed E-state index contributed by atoms with van der Waals surface area (Å²) in [6, 6.07) is 10.8. The van der Waals surface area contributed by atoms with Crippen LogP contribution >= 0.6 is 0 Å². The zero-order valence-electron chi connectivity index (χ0n) is 23.1. The van der Waals surface area contributed by atoms with Crippen LogP contribution in [0, 0.1) is 0 Å². The lowest BCUT2D eigenvalue weighted by Crippen LogP contribution is -2.53. The number of amides is 3. The maximum Gasteiger partial charge on any atom is 0.430 e. The number of nitrogens with one attached hydrogen (secondary N) is 1. The first-order valence-electron chi connectivity index (χ1n) is 13.0. The normalized spacial score (nSPS) is 17.7. The Hall–Kier alpha value is -4.33. The Labute approximate surface area is 242 Å². The summed E-state index contributed by atoms with van der Waals surface area (Å²) in [6.07, 6.45) is -10.4. The topological polar surface area (TPSA) is 101 Å². The molecule has 1 aliphatic heterocycles. The number of urea groups is 1. The van der Waals surface area contributed by atoms with Crippen molar-refractivity contribution in [2.45, 2.75) is 56.7 Å². The third kappa shape index (κ3) is 5.70. The molecule has 0 aliphatic carbocycles. The number of aromatic nitrogens is 1. The number of methoxy groups -OCH3 is 1. The van der Waals surface area contributed by atoms with Gasteiger partial charge >= 0.3 is 18.4 Å². The van der Waals surface area contributed by atoms with Gasteiger partial charge in [0.15, 0.2) is 0 Å². The lowest BCUT2D eigenvalue weighted by Gasteiger charge is -2.33. The van der Waals surface area contributed by atoms with Crippen LogP contribution in [0.4, 0.5) is 31.1 Å². The number of alkyl halides is 6. The number of nitrogens with zero attached hydrogens (tertiary/aromatic N) is 2. The molecule has 2 aromatic carbocycles. The molecule has 1 unspecified atom stereocenters. The Morgan fingerprint density at radius 1 is 0.977 bits per heavy atom. The van der Waals surface area contributed by atoms with Crippen LogP contribution in [0.1, 0.15) is 42.7 Å². The third-order valence-corrected chi connectivity index (χ3v) is 7.07. The molecule has 0 radical (unpaired) electrons. The molecule has 0 spiro atoms. The van der Waals surface area contributed by atoms with E-state index < -0.39 is 41.0 Å². The minimum atomic E-state index is -6.03. The van der Waals surface area contributed by atoms with Gasteiger partial charge in [0, 0.05) is 23.4 Å². The Kier molecular flexibility index (Phi) is 8.38. The SMILES string of the molecule is CCCc1cc(C(O)(C(F)(F)F)C(F)(F)F)ccc1Oc1ccnc(CN2C(=O)NC(C)(c3ccccc3OC)C2=O)c1. The predicted octanol–water partition coefficient (Wildman–Crippen LogP) is 6.11. The number of ether oxygens (including phenoxy) is 2. The highest BCUT2D eigenvalue weighted by molar-refractivity contribution is 6.07. The van der Waals surface area contributed by atoms with Gasteiger partial charge in [-0.05, 0) is 43.2 Å². The highest BCUT2D eigenvalue weighted by atomic mass is 19.4. The predicted molar refractivity (Wildman–Crippen MR) is 140 cm³/mol. The van der Waals surface area contributed by atoms with Crippen molar-refractivity contribution in [2.75, 3.05) is 7.11 Å². The van der Waals surface area contributed by atoms with Gasteiger partial charge in [0.25, 0.3) is 11.5 Å². The monoisotopic (exact) mass is 611 g/mol. The molecule has 230 valence electrons. The largest absolute Gasteiger partial charge is 0.496 e. The highest BCUT2D eigenvalue weighted by Crippen LogP contribution is 2.50. The number of benzene rings is 2. The molecule has 1 aliphatic rings. The lowest BCUT2D eigenvalue weighted by atomic mass is 9.90. The summed E-state index contributed by atoms with van der Waals surface area (Å²) in [6.45, 7) is 2.94. The number of carbonyl (C=O) groups is 2. The van der Waals surface area contributed by atoms with Crippen LogP contribution in [0.15, 0.2) is 60.8 Å². The van der Waals surface area contributed by atoms with Crippen LogP contribution in [-0.2, 0) is 28.9 Å². The fourth-order valence-electron chi connectivity index (χ4n) is 4.83. The van der Waals surface area contributed by atoms with Gasteiger partial charge in [0.2, 0.25) is 0 Å². The molecule has 3 amide bonds. The van der Waals surface area contributed by atoms with Gasteiger partial charge in [-0.15, -0.1) is 0 Å². The van der Waals surface area contributed by atoms with Gasteiger partial charge in [0.1, 0.15) is 22.8 Å². The molecule has 1 fully saturated rings. The summed E-state index contributed by atoms with van der Waals surface area (Å²) in [5.41, 5.74) is -7.25. The fraction of sp³-hybridized carbons (Fsp3) is 0.345. The molecule has 0 saturated carbocycles. The van der Waals surface area contributed by atoms with Crippen molar-refractivity contribution < 1.29 is 50.5 Å². The molecular weight excluding hydrogens is 584 g/mol. The Morgan fingerprint density at radius 2 is 1.65 bits per heavy atom. The number of aryl methyl sites for hydroxylation is 1. The summed E-state index contributed by atoms with van der Waals surface area (Å²) in [5.74, 6) is -0.130. The maximum atomic E-state index is 13.4. The fourth-order valence-corrected chi connectivity index (χ4v) is 4.83. The first-order chi connectivity index (χ1) is 20.1. The first-order valence-corrected chi connectivity index (χ1v) is 13.0. The number of carbonyl (C=O) groups excluding carboxylic acids is 2. The van der Waals surface area contributed by atoms with E-state index in [1.54, 1.807) is 31.2 Å². The van der Waals surface area contributed by atoms with Crippen molar-refractivity contribution in [2.24, 2.45) is 0 Å². The number of rotatable bonds is 9. The van der Waals surface area contributed by atoms with E-state index in [0.29, 0.717) is 29.9 Å². The minimum Gasteiger partial charge on any atom is -0.496 e. The standard InChI is InChI=1S/C29H27F6N3O5/c1-4-7-17-14-18(27(41,28(30,31)32)29(33,34)35)10-11-22(17)43-20-12-13-36-19(15-20)16-38-24(39)26(2,37-25(38)40)21-8-5-6-9-23(21)42-3/h5-6,8-15,41H,4,7,16H2,1-3H3,(H,37,40). The van der Waals surface area contributed by atoms with Crippen molar-refractivity contribution in [3.63, 3.8) is 0 Å². The molecule has 43 heavy (non-hydrogen) atoms. The van der Waals surface area contributed by atoms with Crippen molar-refractivity contribution >= 4 is 11.9 Å². The first kappa shape index (κ1) is 31.6. The summed E-state index contributed by atoms with van der Waals surface area (Å²) in [5, 5.41) is 12.5. The van der Waals surface area contributed by atoms with Crippen LogP contribution < -0.4 is 14.8 Å². The van der Waals surface area contributed by atoms with Crippen molar-refractivity contribution in [1.29, 1.82) is 0 Å². The number of imide groups is 1. The quantitative estimate of drug-likeness (QED) is 0.224. The van der Waals surface area contributed by atoms with Gasteiger partial charge in [-0.3, -0.25) is 14.7 Å². The van der Waals surface area contributed by atoms with Crippen molar-refractivity contribution in [3.05, 3.63) is 83.2 Å². The Bertz CT molecular complexity index is 1510. The van der Waals surface area contributed by atoms with E-state index in [-0.39, 0.29) is 35.7 Å². The number of halogens is 6. The van der Waals surface area contributed by atoms with Crippen LogP contribution in [0.3, 0.4) is 0 Å². The zero-order chi connectivity index (χ0) is 31.8. The Morgan fingerprint density at radius 3 is 2.28 bits per heavy atom. The van der Waals surface area contributed by atoms with E-state index in [4.69, 9.17) is 9.47 Å². The van der Waals surface area contributed by atoms with E-state index in [0.717, 1.165) is 11.0 Å². The van der Waals surface area contributed by atoms with E-state index in [1.807, 2.05) is 0 Å². The van der Waals surface area contributed by atoms with E-state index in [2.05, 4.69) is 10.3 Å². The molecule has 1 aromatic heterocycles. The summed E-state index contributed by atoms with van der Waals surface area (Å²) in [7, 11) is 1.43. The molecule has 2 N–H and O–H groups in total. The molecule has 14 heteroatoms. The van der Waals surface area contributed by atoms with Gasteiger partial charge in [0.05, 0.1) is 19.3 Å². The molecule has 1 saturated heterocycles.